The van der Waals surface area contributed by atoms with Crippen molar-refractivity contribution in [1.29, 1.82) is 0 Å². The van der Waals surface area contributed by atoms with Crippen molar-refractivity contribution in [3.8, 4) is 0 Å². The zero-order chi connectivity index (χ0) is 17.1. The lowest BCUT2D eigenvalue weighted by molar-refractivity contribution is -0.135. The zero-order valence-corrected chi connectivity index (χ0v) is 14.3. The Balaban J connectivity index is 1.66. The third-order valence-corrected chi connectivity index (χ3v) is 5.31. The summed E-state index contributed by atoms with van der Waals surface area (Å²) >= 11 is 0. The quantitative estimate of drug-likeness (QED) is 0.851. The molecule has 2 aliphatic heterocycles. The maximum atomic E-state index is 12.7. The van der Waals surface area contributed by atoms with Gasteiger partial charge in [0.25, 0.3) is 0 Å². The van der Waals surface area contributed by atoms with Crippen LogP contribution in [0.25, 0.3) is 0 Å². The Bertz CT molecular complexity index is 588. The van der Waals surface area contributed by atoms with Crippen LogP contribution in [0.3, 0.4) is 0 Å². The van der Waals surface area contributed by atoms with Crippen molar-refractivity contribution in [2.45, 2.75) is 45.3 Å². The van der Waals surface area contributed by atoms with Crippen LogP contribution < -0.4 is 0 Å². The summed E-state index contributed by atoms with van der Waals surface area (Å²) in [6, 6.07) is 9.63. The summed E-state index contributed by atoms with van der Waals surface area (Å²) in [4.78, 5) is 26.1. The summed E-state index contributed by atoms with van der Waals surface area (Å²) < 4.78 is 10.9. The Morgan fingerprint density at radius 2 is 2.00 bits per heavy atom. The molecule has 5 heteroatoms. The van der Waals surface area contributed by atoms with E-state index in [1.165, 1.54) is 4.90 Å². The second-order valence-corrected chi connectivity index (χ2v) is 6.92. The number of rotatable bonds is 4. The van der Waals surface area contributed by atoms with E-state index in [-0.39, 0.29) is 31.1 Å². The average Bonchev–Trinajstić information content (AvgIpc) is 2.93. The number of benzene rings is 1. The number of nitrogens with zero attached hydrogens (tertiary/aromatic N) is 1. The molecule has 0 bridgehead atoms. The van der Waals surface area contributed by atoms with Crippen molar-refractivity contribution in [2.75, 3.05) is 13.2 Å². The van der Waals surface area contributed by atoms with Gasteiger partial charge in [0.05, 0.1) is 18.6 Å². The number of carbonyl (C=O) groups excluding carboxylic acids is 2. The molecule has 2 aliphatic rings. The molecule has 1 aromatic rings. The third-order valence-electron chi connectivity index (χ3n) is 5.31. The fourth-order valence-corrected chi connectivity index (χ4v) is 3.50. The van der Waals surface area contributed by atoms with E-state index in [9.17, 15) is 9.59 Å². The molecule has 0 aliphatic carbocycles. The Morgan fingerprint density at radius 3 is 2.75 bits per heavy atom. The van der Waals surface area contributed by atoms with Gasteiger partial charge in [0, 0.05) is 6.61 Å². The first-order valence-electron chi connectivity index (χ1n) is 8.70. The van der Waals surface area contributed by atoms with Crippen LogP contribution in [0.2, 0.25) is 0 Å². The Kier molecular flexibility index (Phi) is 5.19. The topological polar surface area (TPSA) is 55.8 Å². The maximum Gasteiger partial charge on any atom is 0.416 e. The molecule has 0 saturated carbocycles. The van der Waals surface area contributed by atoms with Gasteiger partial charge < -0.3 is 9.47 Å². The predicted molar refractivity (Wildman–Crippen MR) is 89.4 cm³/mol. The maximum absolute atomic E-state index is 12.7. The Morgan fingerprint density at radius 1 is 1.25 bits per heavy atom. The summed E-state index contributed by atoms with van der Waals surface area (Å²) in [6.07, 6.45) is 1.24. The standard InChI is InChI=1S/C19H25NO4/c1-13-8-9-23-17(14(13)2)11-18(21)20-16(12-24-19(20)22)10-15-6-4-3-5-7-15/h3-7,13-14,16-17H,8-12H2,1-2H3/t13-,14-,16+,17+/m1/s1. The van der Waals surface area contributed by atoms with E-state index >= 15 is 0 Å². The van der Waals surface area contributed by atoms with Gasteiger partial charge in [0.15, 0.2) is 0 Å². The first-order chi connectivity index (χ1) is 11.6. The number of ether oxygens (including phenoxy) is 2. The molecule has 2 heterocycles. The van der Waals surface area contributed by atoms with Crippen molar-refractivity contribution in [3.05, 3.63) is 35.9 Å². The number of imide groups is 1. The highest BCUT2D eigenvalue weighted by molar-refractivity contribution is 5.93. The normalized spacial score (nSPS) is 30.2. The molecular formula is C19H25NO4. The van der Waals surface area contributed by atoms with Crippen LogP contribution in [0.15, 0.2) is 30.3 Å². The number of carbonyl (C=O) groups is 2. The van der Waals surface area contributed by atoms with Crippen LogP contribution in [0.5, 0.6) is 0 Å². The fraction of sp³-hybridized carbons (Fsp3) is 0.579. The molecule has 0 unspecified atom stereocenters. The summed E-state index contributed by atoms with van der Waals surface area (Å²) in [7, 11) is 0. The molecule has 2 amide bonds. The van der Waals surface area contributed by atoms with Crippen LogP contribution in [0, 0.1) is 11.8 Å². The highest BCUT2D eigenvalue weighted by Crippen LogP contribution is 2.29. The van der Waals surface area contributed by atoms with Crippen LogP contribution in [-0.2, 0) is 20.7 Å². The molecule has 3 rings (SSSR count). The molecule has 2 fully saturated rings. The Hall–Kier alpha value is -1.88. The van der Waals surface area contributed by atoms with Gasteiger partial charge in [-0.15, -0.1) is 0 Å². The van der Waals surface area contributed by atoms with E-state index in [1.807, 2.05) is 30.3 Å². The lowest BCUT2D eigenvalue weighted by Crippen LogP contribution is -2.44. The van der Waals surface area contributed by atoms with Crippen molar-refractivity contribution >= 4 is 12.0 Å². The molecular weight excluding hydrogens is 306 g/mol. The van der Waals surface area contributed by atoms with Gasteiger partial charge in [-0.25, -0.2) is 9.69 Å². The van der Waals surface area contributed by atoms with E-state index in [2.05, 4.69) is 13.8 Å². The van der Waals surface area contributed by atoms with Crippen molar-refractivity contribution in [2.24, 2.45) is 11.8 Å². The summed E-state index contributed by atoms with van der Waals surface area (Å²) in [5.41, 5.74) is 1.09. The molecule has 1 aromatic carbocycles. The minimum Gasteiger partial charge on any atom is -0.447 e. The van der Waals surface area contributed by atoms with Gasteiger partial charge in [-0.05, 0) is 30.2 Å². The number of hydrogen-bond donors (Lipinski definition) is 0. The monoisotopic (exact) mass is 331 g/mol. The second kappa shape index (κ2) is 7.34. The molecule has 0 spiro atoms. The molecule has 5 nitrogen and oxygen atoms in total. The van der Waals surface area contributed by atoms with Gasteiger partial charge >= 0.3 is 6.09 Å². The van der Waals surface area contributed by atoms with Crippen molar-refractivity contribution in [3.63, 3.8) is 0 Å². The largest absolute Gasteiger partial charge is 0.447 e. The Labute approximate surface area is 142 Å². The van der Waals surface area contributed by atoms with Gasteiger partial charge in [0.1, 0.15) is 6.61 Å². The first kappa shape index (κ1) is 17.0. The van der Waals surface area contributed by atoms with Crippen molar-refractivity contribution in [1.82, 2.24) is 4.90 Å². The minimum atomic E-state index is -0.530. The predicted octanol–water partition coefficient (Wildman–Crippen LogP) is 3.03. The van der Waals surface area contributed by atoms with Crippen molar-refractivity contribution < 1.29 is 19.1 Å². The highest BCUT2D eigenvalue weighted by Gasteiger charge is 2.40. The first-order valence-corrected chi connectivity index (χ1v) is 8.70. The van der Waals surface area contributed by atoms with Crippen LogP contribution in [0.4, 0.5) is 4.79 Å². The number of cyclic esters (lactones) is 1. The van der Waals surface area contributed by atoms with Crippen LogP contribution in [-0.4, -0.2) is 42.3 Å². The molecule has 0 radical (unpaired) electrons. The van der Waals surface area contributed by atoms with Gasteiger partial charge in [-0.1, -0.05) is 44.2 Å². The molecule has 24 heavy (non-hydrogen) atoms. The minimum absolute atomic E-state index is 0.118. The van der Waals surface area contributed by atoms with E-state index in [0.717, 1.165) is 12.0 Å². The summed E-state index contributed by atoms with van der Waals surface area (Å²) in [5.74, 6) is 0.653. The van der Waals surface area contributed by atoms with Crippen LogP contribution in [0.1, 0.15) is 32.3 Å². The molecule has 0 N–H and O–H groups in total. The summed E-state index contributed by atoms with van der Waals surface area (Å²) in [5, 5.41) is 0. The second-order valence-electron chi connectivity index (χ2n) is 6.92. The third kappa shape index (κ3) is 3.61. The van der Waals surface area contributed by atoms with Crippen LogP contribution >= 0.6 is 0 Å². The number of hydrogen-bond acceptors (Lipinski definition) is 4. The smallest absolute Gasteiger partial charge is 0.416 e. The molecule has 130 valence electrons. The molecule has 4 atom stereocenters. The van der Waals surface area contributed by atoms with E-state index in [0.29, 0.717) is 24.9 Å². The molecule has 0 aromatic heterocycles. The lowest BCUT2D eigenvalue weighted by atomic mass is 9.84. The van der Waals surface area contributed by atoms with E-state index in [1.54, 1.807) is 0 Å². The average molecular weight is 331 g/mol. The highest BCUT2D eigenvalue weighted by atomic mass is 16.6. The SMILES string of the molecule is C[C@@H]1[C@H](C)CCO[C@H]1CC(=O)N1C(=O)OC[C@@H]1Cc1ccccc1. The van der Waals surface area contributed by atoms with Gasteiger partial charge in [0.2, 0.25) is 5.91 Å². The lowest BCUT2D eigenvalue weighted by Gasteiger charge is -2.34. The van der Waals surface area contributed by atoms with E-state index < -0.39 is 6.09 Å². The fourth-order valence-electron chi connectivity index (χ4n) is 3.50. The van der Waals surface area contributed by atoms with Gasteiger partial charge in [-0.3, -0.25) is 4.79 Å². The van der Waals surface area contributed by atoms with E-state index in [4.69, 9.17) is 9.47 Å². The molecule has 2 saturated heterocycles. The number of amides is 2. The van der Waals surface area contributed by atoms with Gasteiger partial charge in [-0.2, -0.15) is 0 Å². The summed E-state index contributed by atoms with van der Waals surface area (Å²) in [6.45, 7) is 5.25. The zero-order valence-electron chi connectivity index (χ0n) is 14.3.